The van der Waals surface area contributed by atoms with Crippen LogP contribution in [-0.2, 0) is 4.79 Å². The first-order valence-corrected chi connectivity index (χ1v) is 10.8. The maximum atomic E-state index is 12.9. The summed E-state index contributed by atoms with van der Waals surface area (Å²) >= 11 is 0. The van der Waals surface area contributed by atoms with E-state index in [-0.39, 0.29) is 17.9 Å². The highest BCUT2D eigenvalue weighted by Gasteiger charge is 2.20. The number of amides is 2. The molecule has 0 saturated heterocycles. The Morgan fingerprint density at radius 2 is 1.53 bits per heavy atom. The topological polar surface area (TPSA) is 67.4 Å². The highest BCUT2D eigenvalue weighted by Crippen LogP contribution is 2.25. The zero-order chi connectivity index (χ0) is 23.3. The van der Waals surface area contributed by atoms with E-state index in [9.17, 15) is 9.59 Å². The first-order valence-electron chi connectivity index (χ1n) is 10.8. The van der Waals surface area contributed by atoms with Gasteiger partial charge < -0.3 is 15.4 Å². The van der Waals surface area contributed by atoms with Crippen LogP contribution in [0.15, 0.2) is 66.7 Å². The summed E-state index contributed by atoms with van der Waals surface area (Å²) in [5, 5.41) is 5.84. The number of benzene rings is 3. The number of ether oxygens (including phenoxy) is 1. The van der Waals surface area contributed by atoms with Crippen LogP contribution >= 0.6 is 0 Å². The molecule has 3 aromatic rings. The van der Waals surface area contributed by atoms with Gasteiger partial charge in [-0.2, -0.15) is 0 Å². The average molecular weight is 431 g/mol. The van der Waals surface area contributed by atoms with Crippen LogP contribution in [0.1, 0.15) is 52.5 Å². The number of nitrogens with one attached hydrogen (secondary N) is 2. The van der Waals surface area contributed by atoms with Gasteiger partial charge in [0.25, 0.3) is 11.8 Å². The van der Waals surface area contributed by atoms with Crippen LogP contribution < -0.4 is 15.4 Å². The van der Waals surface area contributed by atoms with Crippen molar-refractivity contribution in [2.24, 2.45) is 0 Å². The summed E-state index contributed by atoms with van der Waals surface area (Å²) in [6.07, 6.45) is -0.728. The van der Waals surface area contributed by atoms with Crippen molar-refractivity contribution in [3.8, 4) is 5.75 Å². The molecule has 0 aliphatic carbocycles. The SMILES string of the molecule is Cc1cc(C)c(C)c(O[C@@H](C)C(=O)Nc2ccccc2C(=O)N[C@H](C)c2ccccc2)c1. The molecule has 0 heterocycles. The fourth-order valence-corrected chi connectivity index (χ4v) is 3.49. The van der Waals surface area contributed by atoms with E-state index < -0.39 is 6.10 Å². The quantitative estimate of drug-likeness (QED) is 0.519. The molecule has 0 bridgehead atoms. The zero-order valence-electron chi connectivity index (χ0n) is 19.2. The molecule has 0 spiro atoms. The Hall–Kier alpha value is -3.60. The summed E-state index contributed by atoms with van der Waals surface area (Å²) in [6.45, 7) is 9.62. The van der Waals surface area contributed by atoms with Crippen molar-refractivity contribution in [2.75, 3.05) is 5.32 Å². The summed E-state index contributed by atoms with van der Waals surface area (Å²) < 4.78 is 5.95. The fraction of sp³-hybridized carbons (Fsp3) is 0.259. The highest BCUT2D eigenvalue weighted by molar-refractivity contribution is 6.04. The first-order chi connectivity index (χ1) is 15.3. The fourth-order valence-electron chi connectivity index (χ4n) is 3.49. The molecule has 0 unspecified atom stereocenters. The van der Waals surface area contributed by atoms with Crippen molar-refractivity contribution in [3.63, 3.8) is 0 Å². The van der Waals surface area contributed by atoms with Crippen LogP contribution in [0.3, 0.4) is 0 Å². The van der Waals surface area contributed by atoms with Crippen LogP contribution in [0.25, 0.3) is 0 Å². The van der Waals surface area contributed by atoms with Crippen molar-refractivity contribution in [1.29, 1.82) is 0 Å². The Kier molecular flexibility index (Phi) is 7.31. The minimum absolute atomic E-state index is 0.165. The van der Waals surface area contributed by atoms with E-state index in [1.54, 1.807) is 31.2 Å². The summed E-state index contributed by atoms with van der Waals surface area (Å²) in [7, 11) is 0. The second-order valence-corrected chi connectivity index (χ2v) is 8.11. The van der Waals surface area contributed by atoms with Crippen LogP contribution in [-0.4, -0.2) is 17.9 Å². The number of rotatable bonds is 7. The minimum atomic E-state index is -0.728. The monoisotopic (exact) mass is 430 g/mol. The molecule has 32 heavy (non-hydrogen) atoms. The highest BCUT2D eigenvalue weighted by atomic mass is 16.5. The zero-order valence-corrected chi connectivity index (χ0v) is 19.2. The van der Waals surface area contributed by atoms with E-state index in [0.29, 0.717) is 17.0 Å². The molecular formula is C27H30N2O3. The lowest BCUT2D eigenvalue weighted by molar-refractivity contribution is -0.122. The third-order valence-electron chi connectivity index (χ3n) is 5.51. The van der Waals surface area contributed by atoms with E-state index in [0.717, 1.165) is 22.3 Å². The largest absolute Gasteiger partial charge is 0.481 e. The van der Waals surface area contributed by atoms with Crippen molar-refractivity contribution >= 4 is 17.5 Å². The van der Waals surface area contributed by atoms with Gasteiger partial charge in [-0.3, -0.25) is 9.59 Å². The van der Waals surface area contributed by atoms with Gasteiger partial charge in [0.1, 0.15) is 5.75 Å². The molecule has 0 aliphatic heterocycles. The standard InChI is InChI=1S/C27H30N2O3/c1-17-15-18(2)19(3)25(16-17)32-21(5)26(30)29-24-14-10-9-13-23(24)27(31)28-20(4)22-11-7-6-8-12-22/h6-16,20-21H,1-5H3,(H,28,31)(H,29,30)/t20-,21+/m1/s1. The van der Waals surface area contributed by atoms with Crippen LogP contribution in [0.5, 0.6) is 5.75 Å². The predicted molar refractivity (Wildman–Crippen MR) is 128 cm³/mol. The Balaban J connectivity index is 1.71. The Morgan fingerprint density at radius 1 is 0.875 bits per heavy atom. The minimum Gasteiger partial charge on any atom is -0.481 e. The van der Waals surface area contributed by atoms with E-state index in [2.05, 4.69) is 16.7 Å². The molecule has 2 atom stereocenters. The second-order valence-electron chi connectivity index (χ2n) is 8.11. The number of aryl methyl sites for hydroxylation is 2. The molecule has 2 amide bonds. The maximum Gasteiger partial charge on any atom is 0.265 e. The van der Waals surface area contributed by atoms with Crippen LogP contribution in [0, 0.1) is 20.8 Å². The summed E-state index contributed by atoms with van der Waals surface area (Å²) in [6, 6.07) is 20.6. The molecule has 166 valence electrons. The van der Waals surface area contributed by atoms with E-state index in [1.165, 1.54) is 0 Å². The maximum absolute atomic E-state index is 12.9. The van der Waals surface area contributed by atoms with Crippen molar-refractivity contribution in [2.45, 2.75) is 46.8 Å². The van der Waals surface area contributed by atoms with Gasteiger partial charge in [-0.05, 0) is 75.1 Å². The van der Waals surface area contributed by atoms with Gasteiger partial charge in [-0.25, -0.2) is 0 Å². The molecule has 3 aromatic carbocycles. The van der Waals surface area contributed by atoms with E-state index in [4.69, 9.17) is 4.74 Å². The predicted octanol–water partition coefficient (Wildman–Crippen LogP) is 5.51. The second kappa shape index (κ2) is 10.1. The third kappa shape index (κ3) is 5.55. The van der Waals surface area contributed by atoms with Gasteiger partial charge in [0.2, 0.25) is 0 Å². The van der Waals surface area contributed by atoms with E-state index >= 15 is 0 Å². The van der Waals surface area contributed by atoms with Gasteiger partial charge in [0.15, 0.2) is 6.10 Å². The van der Waals surface area contributed by atoms with Gasteiger partial charge in [0.05, 0.1) is 17.3 Å². The lowest BCUT2D eigenvalue weighted by Gasteiger charge is -2.19. The van der Waals surface area contributed by atoms with Gasteiger partial charge >= 0.3 is 0 Å². The van der Waals surface area contributed by atoms with Crippen LogP contribution in [0.4, 0.5) is 5.69 Å². The summed E-state index contributed by atoms with van der Waals surface area (Å²) in [4.78, 5) is 25.8. The molecule has 0 aliphatic rings. The smallest absolute Gasteiger partial charge is 0.265 e. The molecule has 0 radical (unpaired) electrons. The van der Waals surface area contributed by atoms with Gasteiger partial charge in [-0.1, -0.05) is 48.5 Å². The molecule has 5 nitrogen and oxygen atoms in total. The van der Waals surface area contributed by atoms with Crippen LogP contribution in [0.2, 0.25) is 0 Å². The molecule has 3 rings (SSSR count). The molecule has 2 N–H and O–H groups in total. The lowest BCUT2D eigenvalue weighted by atomic mass is 10.1. The summed E-state index contributed by atoms with van der Waals surface area (Å²) in [5.41, 5.74) is 5.05. The average Bonchev–Trinajstić information content (AvgIpc) is 2.77. The van der Waals surface area contributed by atoms with Crippen molar-refractivity contribution in [1.82, 2.24) is 5.32 Å². The number of hydrogen-bond donors (Lipinski definition) is 2. The Labute approximate surface area is 189 Å². The molecular weight excluding hydrogens is 400 g/mol. The third-order valence-corrected chi connectivity index (χ3v) is 5.51. The van der Waals surface area contributed by atoms with Gasteiger partial charge in [0, 0.05) is 0 Å². The molecule has 0 saturated carbocycles. The number of carbonyl (C=O) groups is 2. The Morgan fingerprint density at radius 3 is 2.25 bits per heavy atom. The first kappa shape index (κ1) is 23.1. The molecule has 0 aromatic heterocycles. The number of anilines is 1. The number of para-hydroxylation sites is 1. The van der Waals surface area contributed by atoms with E-state index in [1.807, 2.05) is 64.1 Å². The Bertz CT molecular complexity index is 1110. The normalized spacial score (nSPS) is 12.5. The number of hydrogen-bond acceptors (Lipinski definition) is 3. The number of carbonyl (C=O) groups excluding carboxylic acids is 2. The van der Waals surface area contributed by atoms with Crippen molar-refractivity contribution in [3.05, 3.63) is 94.5 Å². The lowest BCUT2D eigenvalue weighted by Crippen LogP contribution is -2.32. The van der Waals surface area contributed by atoms with Crippen molar-refractivity contribution < 1.29 is 14.3 Å². The van der Waals surface area contributed by atoms with Gasteiger partial charge in [-0.15, -0.1) is 0 Å². The molecule has 0 fully saturated rings. The molecule has 5 heteroatoms. The summed E-state index contributed by atoms with van der Waals surface area (Å²) in [5.74, 6) is 0.115.